The second-order valence-electron chi connectivity index (χ2n) is 3.41. The van der Waals surface area contributed by atoms with E-state index < -0.39 is 0 Å². The summed E-state index contributed by atoms with van der Waals surface area (Å²) in [5.41, 5.74) is 0.763. The molecule has 0 aliphatic carbocycles. The van der Waals surface area contributed by atoms with Crippen molar-refractivity contribution >= 4 is 5.91 Å². The average Bonchev–Trinajstić information content (AvgIpc) is 2.29. The van der Waals surface area contributed by atoms with Gasteiger partial charge in [0.05, 0.1) is 7.11 Å². The summed E-state index contributed by atoms with van der Waals surface area (Å²) in [6, 6.07) is 4.37. The molecule has 0 unspecified atom stereocenters. The summed E-state index contributed by atoms with van der Waals surface area (Å²) in [4.78, 5) is 11.0. The minimum Gasteiger partial charge on any atom is -0.496 e. The van der Waals surface area contributed by atoms with Gasteiger partial charge >= 0.3 is 0 Å². The highest BCUT2D eigenvalue weighted by molar-refractivity contribution is 5.75. The number of nitrogens with one attached hydrogen (secondary N) is 1. The summed E-state index contributed by atoms with van der Waals surface area (Å²) < 4.78 is 18.1. The second-order valence-corrected chi connectivity index (χ2v) is 3.41. The third-order valence-corrected chi connectivity index (χ3v) is 2.28. The van der Waals surface area contributed by atoms with E-state index in [2.05, 4.69) is 5.32 Å². The zero-order chi connectivity index (χ0) is 12.0. The van der Waals surface area contributed by atoms with Gasteiger partial charge in [-0.3, -0.25) is 4.79 Å². The molecule has 88 valence electrons. The molecule has 1 aromatic carbocycles. The van der Waals surface area contributed by atoms with Gasteiger partial charge in [-0.05, 0) is 30.2 Å². The summed E-state index contributed by atoms with van der Waals surface area (Å²) in [6.07, 6.45) is 1.02. The first-order chi connectivity index (χ1) is 7.67. The third-order valence-electron chi connectivity index (χ3n) is 2.28. The van der Waals surface area contributed by atoms with Crippen molar-refractivity contribution in [2.75, 3.05) is 13.7 Å². The SMILES string of the molecule is CCC(=O)NCCc1cc(F)ccc1OC. The summed E-state index contributed by atoms with van der Waals surface area (Å²) in [7, 11) is 1.54. The lowest BCUT2D eigenvalue weighted by Gasteiger charge is -2.09. The molecule has 0 heterocycles. The Morgan fingerprint density at radius 2 is 2.25 bits per heavy atom. The van der Waals surface area contributed by atoms with Gasteiger partial charge in [-0.15, -0.1) is 0 Å². The van der Waals surface area contributed by atoms with Crippen LogP contribution in [0.4, 0.5) is 4.39 Å². The van der Waals surface area contributed by atoms with Crippen LogP contribution in [0.1, 0.15) is 18.9 Å². The highest BCUT2D eigenvalue weighted by Gasteiger charge is 2.05. The molecule has 1 aromatic rings. The van der Waals surface area contributed by atoms with Gasteiger partial charge in [-0.1, -0.05) is 6.92 Å². The van der Waals surface area contributed by atoms with E-state index in [-0.39, 0.29) is 11.7 Å². The Labute approximate surface area is 94.6 Å². The van der Waals surface area contributed by atoms with E-state index in [1.807, 2.05) is 0 Å². The average molecular weight is 225 g/mol. The maximum absolute atomic E-state index is 13.0. The minimum absolute atomic E-state index is 0.00429. The zero-order valence-corrected chi connectivity index (χ0v) is 9.55. The predicted octanol–water partition coefficient (Wildman–Crippen LogP) is 1.90. The highest BCUT2D eigenvalue weighted by Crippen LogP contribution is 2.19. The third kappa shape index (κ3) is 3.53. The number of halogens is 1. The van der Waals surface area contributed by atoms with Crippen molar-refractivity contribution in [3.63, 3.8) is 0 Å². The topological polar surface area (TPSA) is 38.3 Å². The van der Waals surface area contributed by atoms with Crippen molar-refractivity contribution in [2.45, 2.75) is 19.8 Å². The van der Waals surface area contributed by atoms with Crippen molar-refractivity contribution < 1.29 is 13.9 Å². The molecule has 1 rings (SSSR count). The fraction of sp³-hybridized carbons (Fsp3) is 0.417. The molecule has 0 atom stereocenters. The number of hydrogen-bond donors (Lipinski definition) is 1. The van der Waals surface area contributed by atoms with Crippen LogP contribution in [0, 0.1) is 5.82 Å². The Kier molecular flexibility index (Phi) is 4.76. The standard InChI is InChI=1S/C12H16FNO2/c1-3-12(15)14-7-6-9-8-10(13)4-5-11(9)16-2/h4-5,8H,3,6-7H2,1-2H3,(H,14,15). The first kappa shape index (κ1) is 12.5. The Morgan fingerprint density at radius 3 is 2.88 bits per heavy atom. The van der Waals surface area contributed by atoms with E-state index >= 15 is 0 Å². The largest absolute Gasteiger partial charge is 0.496 e. The van der Waals surface area contributed by atoms with Gasteiger partial charge in [0.25, 0.3) is 0 Å². The van der Waals surface area contributed by atoms with Crippen LogP contribution in [0.2, 0.25) is 0 Å². The Hall–Kier alpha value is -1.58. The Morgan fingerprint density at radius 1 is 1.50 bits per heavy atom. The van der Waals surface area contributed by atoms with Crippen LogP contribution in [-0.4, -0.2) is 19.6 Å². The van der Waals surface area contributed by atoms with Crippen LogP contribution in [0.5, 0.6) is 5.75 Å². The summed E-state index contributed by atoms with van der Waals surface area (Å²) in [5.74, 6) is 0.347. The number of methoxy groups -OCH3 is 1. The molecular weight excluding hydrogens is 209 g/mol. The Balaban J connectivity index is 2.58. The molecule has 1 amide bonds. The zero-order valence-electron chi connectivity index (χ0n) is 9.55. The lowest BCUT2D eigenvalue weighted by atomic mass is 10.1. The number of benzene rings is 1. The molecule has 3 nitrogen and oxygen atoms in total. The van der Waals surface area contributed by atoms with Crippen LogP contribution in [-0.2, 0) is 11.2 Å². The van der Waals surface area contributed by atoms with Gasteiger partial charge in [0, 0.05) is 13.0 Å². The van der Waals surface area contributed by atoms with Gasteiger partial charge in [0.1, 0.15) is 11.6 Å². The van der Waals surface area contributed by atoms with Gasteiger partial charge in [0.2, 0.25) is 5.91 Å². The van der Waals surface area contributed by atoms with Crippen LogP contribution in [0.25, 0.3) is 0 Å². The smallest absolute Gasteiger partial charge is 0.219 e. The summed E-state index contributed by atoms with van der Waals surface area (Å²) in [6.45, 7) is 2.28. The van der Waals surface area contributed by atoms with Gasteiger partial charge in [0.15, 0.2) is 0 Å². The van der Waals surface area contributed by atoms with E-state index in [0.29, 0.717) is 25.1 Å². The maximum atomic E-state index is 13.0. The molecule has 16 heavy (non-hydrogen) atoms. The van der Waals surface area contributed by atoms with E-state index in [1.54, 1.807) is 20.1 Å². The minimum atomic E-state index is -0.294. The molecule has 0 spiro atoms. The van der Waals surface area contributed by atoms with Crippen molar-refractivity contribution in [1.82, 2.24) is 5.32 Å². The predicted molar refractivity (Wildman–Crippen MR) is 60.0 cm³/mol. The van der Waals surface area contributed by atoms with Crippen molar-refractivity contribution in [2.24, 2.45) is 0 Å². The molecule has 0 aliphatic rings. The summed E-state index contributed by atoms with van der Waals surface area (Å²) in [5, 5.41) is 2.73. The number of carbonyl (C=O) groups excluding carboxylic acids is 1. The maximum Gasteiger partial charge on any atom is 0.219 e. The molecule has 0 saturated carbocycles. The van der Waals surface area contributed by atoms with Gasteiger partial charge in [-0.2, -0.15) is 0 Å². The van der Waals surface area contributed by atoms with Crippen molar-refractivity contribution in [3.8, 4) is 5.75 Å². The van der Waals surface area contributed by atoms with Crippen LogP contribution < -0.4 is 10.1 Å². The van der Waals surface area contributed by atoms with E-state index in [9.17, 15) is 9.18 Å². The molecule has 0 saturated heterocycles. The number of rotatable bonds is 5. The van der Waals surface area contributed by atoms with Crippen molar-refractivity contribution in [1.29, 1.82) is 0 Å². The normalized spacial score (nSPS) is 9.94. The fourth-order valence-electron chi connectivity index (χ4n) is 1.40. The molecule has 4 heteroatoms. The molecular formula is C12H16FNO2. The van der Waals surface area contributed by atoms with Crippen molar-refractivity contribution in [3.05, 3.63) is 29.6 Å². The lowest BCUT2D eigenvalue weighted by molar-refractivity contribution is -0.120. The number of hydrogen-bond acceptors (Lipinski definition) is 2. The number of ether oxygens (including phenoxy) is 1. The van der Waals surface area contributed by atoms with E-state index in [1.165, 1.54) is 12.1 Å². The number of amides is 1. The molecule has 0 bridgehead atoms. The molecule has 0 radical (unpaired) electrons. The van der Waals surface area contributed by atoms with Crippen LogP contribution >= 0.6 is 0 Å². The quantitative estimate of drug-likeness (QED) is 0.831. The first-order valence-electron chi connectivity index (χ1n) is 5.26. The monoisotopic (exact) mass is 225 g/mol. The number of carbonyl (C=O) groups is 1. The molecule has 1 N–H and O–H groups in total. The molecule has 0 aliphatic heterocycles. The first-order valence-corrected chi connectivity index (χ1v) is 5.26. The molecule has 0 aromatic heterocycles. The molecule has 0 fully saturated rings. The van der Waals surface area contributed by atoms with E-state index in [0.717, 1.165) is 5.56 Å². The van der Waals surface area contributed by atoms with Crippen LogP contribution in [0.3, 0.4) is 0 Å². The lowest BCUT2D eigenvalue weighted by Crippen LogP contribution is -2.24. The Bertz CT molecular complexity index is 366. The fourth-order valence-corrected chi connectivity index (χ4v) is 1.40. The van der Waals surface area contributed by atoms with E-state index in [4.69, 9.17) is 4.74 Å². The highest BCUT2D eigenvalue weighted by atomic mass is 19.1. The van der Waals surface area contributed by atoms with Gasteiger partial charge in [-0.25, -0.2) is 4.39 Å². The van der Waals surface area contributed by atoms with Gasteiger partial charge < -0.3 is 10.1 Å². The van der Waals surface area contributed by atoms with Crippen LogP contribution in [0.15, 0.2) is 18.2 Å². The second kappa shape index (κ2) is 6.10. The summed E-state index contributed by atoms with van der Waals surface area (Å²) >= 11 is 0.